The van der Waals surface area contributed by atoms with E-state index in [1.807, 2.05) is 98.8 Å². The smallest absolute Gasteiger partial charge is 0.460 e. The van der Waals surface area contributed by atoms with E-state index in [-0.39, 0.29) is 49.3 Å². The molecule has 2 aliphatic heterocycles. The number of nitrogens with zero attached hydrogens (tertiary/aromatic N) is 3. The molecule has 1 aromatic heterocycles. The van der Waals surface area contributed by atoms with Gasteiger partial charge in [0.2, 0.25) is 18.0 Å². The maximum absolute atomic E-state index is 14.2. The Morgan fingerprint density at radius 2 is 1.37 bits per heavy atom. The van der Waals surface area contributed by atoms with Crippen molar-refractivity contribution < 1.29 is 27.7 Å². The van der Waals surface area contributed by atoms with Gasteiger partial charge in [-0.2, -0.15) is 0 Å². The van der Waals surface area contributed by atoms with Gasteiger partial charge < -0.3 is 9.64 Å². The highest BCUT2D eigenvalue weighted by Crippen LogP contribution is 2.51. The number of aromatic nitrogens is 1. The van der Waals surface area contributed by atoms with Crippen molar-refractivity contribution in [3.05, 3.63) is 165 Å². The quantitative estimate of drug-likeness (QED) is 0.0940. The minimum absolute atomic E-state index is 0.0446. The molecule has 0 aliphatic carbocycles. The molecule has 0 spiro atoms. The van der Waals surface area contributed by atoms with Crippen LogP contribution in [0.2, 0.25) is 0 Å². The van der Waals surface area contributed by atoms with Gasteiger partial charge in [-0.05, 0) is 47.7 Å². The number of pyridine rings is 1. The number of benzene rings is 4. The Morgan fingerprint density at radius 3 is 2.04 bits per heavy atom. The van der Waals surface area contributed by atoms with Crippen LogP contribution in [0.15, 0.2) is 131 Å². The van der Waals surface area contributed by atoms with Gasteiger partial charge in [-0.3, -0.25) is 28.3 Å². The van der Waals surface area contributed by atoms with Gasteiger partial charge >= 0.3 is 7.82 Å². The highest BCUT2D eigenvalue weighted by Gasteiger charge is 2.40. The number of hydrogen-bond donors (Lipinski definition) is 0. The standard InChI is InChI=1S/C39H38N3O7PS/c1-28(2)40-26-42(36-32-18-10-9-17-31(32)25-51-35-20-12-11-19-33(35)36)41-22-21-34(43)38(37(41)39(40)44)46-27-49-50(45,47-23-29-13-5-3-6-14-29)48-24-30-15-7-4-8-16-30/h3-22,28,36H,23-27H2,1-2H3. The molecular weight excluding hydrogens is 685 g/mol. The number of amides is 1. The van der Waals surface area contributed by atoms with Crippen LogP contribution in [0.5, 0.6) is 5.75 Å². The predicted octanol–water partition coefficient (Wildman–Crippen LogP) is 7.90. The van der Waals surface area contributed by atoms with Crippen LogP contribution in [0.4, 0.5) is 0 Å². The van der Waals surface area contributed by atoms with E-state index in [2.05, 4.69) is 29.3 Å². The first kappa shape index (κ1) is 34.8. The molecule has 262 valence electrons. The number of phosphoric acid groups is 1. The maximum Gasteiger partial charge on any atom is 0.478 e. The van der Waals surface area contributed by atoms with Crippen LogP contribution >= 0.6 is 19.6 Å². The molecule has 2 aliphatic rings. The first-order valence-corrected chi connectivity index (χ1v) is 19.1. The third-order valence-electron chi connectivity index (χ3n) is 8.82. The second kappa shape index (κ2) is 15.3. The molecular formula is C39H38N3O7PS. The second-order valence-electron chi connectivity index (χ2n) is 12.4. The molecule has 1 atom stereocenters. The fourth-order valence-corrected chi connectivity index (χ4v) is 8.33. The largest absolute Gasteiger partial charge is 0.478 e. The van der Waals surface area contributed by atoms with Crippen molar-refractivity contribution in [3.63, 3.8) is 0 Å². The molecule has 10 nitrogen and oxygen atoms in total. The molecule has 0 saturated carbocycles. The summed E-state index contributed by atoms with van der Waals surface area (Å²) in [7, 11) is -4.23. The summed E-state index contributed by atoms with van der Waals surface area (Å²) >= 11 is 1.77. The van der Waals surface area contributed by atoms with Crippen LogP contribution in [0.1, 0.15) is 58.2 Å². The summed E-state index contributed by atoms with van der Waals surface area (Å²) in [5.74, 6) is 0.202. The van der Waals surface area contributed by atoms with Crippen molar-refractivity contribution >= 4 is 25.5 Å². The van der Waals surface area contributed by atoms with Crippen LogP contribution in [0.3, 0.4) is 0 Å². The first-order valence-electron chi connectivity index (χ1n) is 16.7. The van der Waals surface area contributed by atoms with Crippen molar-refractivity contribution in [2.24, 2.45) is 0 Å². The fraction of sp³-hybridized carbons (Fsp3) is 0.231. The fourth-order valence-electron chi connectivity index (χ4n) is 6.22. The Hall–Kier alpha value is -4.64. The minimum Gasteiger partial charge on any atom is -0.460 e. The van der Waals surface area contributed by atoms with E-state index in [1.165, 1.54) is 11.6 Å². The van der Waals surface area contributed by atoms with E-state index in [4.69, 9.17) is 18.3 Å². The summed E-state index contributed by atoms with van der Waals surface area (Å²) in [4.78, 5) is 30.6. The van der Waals surface area contributed by atoms with E-state index in [9.17, 15) is 14.2 Å². The lowest BCUT2D eigenvalue weighted by Crippen LogP contribution is -2.57. The number of carbonyl (C=O) groups is 1. The zero-order chi connectivity index (χ0) is 35.4. The molecule has 0 N–H and O–H groups in total. The van der Waals surface area contributed by atoms with Crippen molar-refractivity contribution in [2.75, 3.05) is 18.5 Å². The molecule has 4 aromatic carbocycles. The molecule has 12 heteroatoms. The number of thioether (sulfide) groups is 1. The molecule has 0 fully saturated rings. The topological polar surface area (TPSA) is 99.5 Å². The third kappa shape index (κ3) is 7.54. The molecule has 1 amide bonds. The van der Waals surface area contributed by atoms with Crippen molar-refractivity contribution in [1.82, 2.24) is 9.58 Å². The second-order valence-corrected chi connectivity index (χ2v) is 15.1. The molecule has 0 radical (unpaired) electrons. The van der Waals surface area contributed by atoms with Gasteiger partial charge in [0.15, 0.2) is 5.69 Å². The molecule has 51 heavy (non-hydrogen) atoms. The molecule has 0 bridgehead atoms. The van der Waals surface area contributed by atoms with Crippen molar-refractivity contribution in [2.45, 2.75) is 49.8 Å². The predicted molar refractivity (Wildman–Crippen MR) is 196 cm³/mol. The highest BCUT2D eigenvalue weighted by molar-refractivity contribution is 7.98. The molecule has 7 rings (SSSR count). The van der Waals surface area contributed by atoms with Gasteiger partial charge in [0.1, 0.15) is 6.67 Å². The number of ether oxygens (including phenoxy) is 1. The van der Waals surface area contributed by atoms with Crippen LogP contribution in [0.25, 0.3) is 0 Å². The number of fused-ring (bicyclic) bond motifs is 3. The SMILES string of the molecule is CC(C)N1CN(C2c3ccccc3CSc3ccccc32)n2ccc(=O)c(OCOP(=O)(OCc3ccccc3)OCc3ccccc3)c2C1=O. The Labute approximate surface area is 301 Å². The van der Waals surface area contributed by atoms with Crippen molar-refractivity contribution in [3.8, 4) is 5.75 Å². The number of phosphoric ester groups is 1. The Balaban J connectivity index is 1.22. The Bertz CT molecular complexity index is 2020. The summed E-state index contributed by atoms with van der Waals surface area (Å²) in [6, 6.07) is 35.9. The summed E-state index contributed by atoms with van der Waals surface area (Å²) in [6.07, 6.45) is 1.61. The van der Waals surface area contributed by atoms with Gasteiger partial charge in [0.25, 0.3) is 5.91 Å². The maximum atomic E-state index is 14.2. The summed E-state index contributed by atoms with van der Waals surface area (Å²) < 4.78 is 38.8. The summed E-state index contributed by atoms with van der Waals surface area (Å²) in [5.41, 5.74) is 4.43. The molecule has 0 saturated heterocycles. The van der Waals surface area contributed by atoms with Gasteiger partial charge in [0, 0.05) is 29.0 Å². The van der Waals surface area contributed by atoms with Crippen LogP contribution < -0.4 is 15.2 Å². The molecule has 3 heterocycles. The lowest BCUT2D eigenvalue weighted by Gasteiger charge is -2.45. The van der Waals surface area contributed by atoms with Crippen LogP contribution in [-0.4, -0.2) is 35.0 Å². The minimum atomic E-state index is -4.23. The lowest BCUT2D eigenvalue weighted by molar-refractivity contribution is 0.0410. The molecule has 1 unspecified atom stereocenters. The zero-order valence-corrected chi connectivity index (χ0v) is 30.0. The van der Waals surface area contributed by atoms with E-state index in [0.29, 0.717) is 0 Å². The van der Waals surface area contributed by atoms with Crippen LogP contribution in [0, 0.1) is 0 Å². The normalized spacial score (nSPS) is 15.6. The molecule has 5 aromatic rings. The number of carbonyl (C=O) groups excluding carboxylic acids is 1. The average Bonchev–Trinajstić information content (AvgIpc) is 3.32. The summed E-state index contributed by atoms with van der Waals surface area (Å²) in [6.45, 7) is 3.37. The Kier molecular flexibility index (Phi) is 10.4. The van der Waals surface area contributed by atoms with E-state index in [0.717, 1.165) is 32.9 Å². The third-order valence-corrected chi connectivity index (χ3v) is 11.3. The number of rotatable bonds is 12. The van der Waals surface area contributed by atoms with Crippen LogP contribution in [-0.2, 0) is 37.1 Å². The summed E-state index contributed by atoms with van der Waals surface area (Å²) in [5, 5.41) is 2.09. The Morgan fingerprint density at radius 1 is 0.765 bits per heavy atom. The van der Waals surface area contributed by atoms with Gasteiger partial charge in [-0.25, -0.2) is 9.09 Å². The lowest BCUT2D eigenvalue weighted by atomic mass is 9.94. The van der Waals surface area contributed by atoms with Gasteiger partial charge in [-0.15, -0.1) is 11.8 Å². The van der Waals surface area contributed by atoms with E-state index in [1.54, 1.807) is 27.5 Å². The van der Waals surface area contributed by atoms with E-state index >= 15 is 0 Å². The zero-order valence-electron chi connectivity index (χ0n) is 28.3. The van der Waals surface area contributed by atoms with E-state index < -0.39 is 20.0 Å². The van der Waals surface area contributed by atoms with Gasteiger partial charge in [-0.1, -0.05) is 103 Å². The van der Waals surface area contributed by atoms with Gasteiger partial charge in [0.05, 0.1) is 19.3 Å². The monoisotopic (exact) mass is 723 g/mol. The average molecular weight is 724 g/mol. The first-order chi connectivity index (χ1) is 24.8. The van der Waals surface area contributed by atoms with Crippen molar-refractivity contribution in [1.29, 1.82) is 0 Å². The number of hydrogen-bond acceptors (Lipinski definition) is 9. The highest BCUT2D eigenvalue weighted by atomic mass is 32.2.